The van der Waals surface area contributed by atoms with Crippen molar-refractivity contribution < 1.29 is 0 Å². The minimum atomic E-state index is 0.858. The van der Waals surface area contributed by atoms with Crippen LogP contribution in [0.25, 0.3) is 0 Å². The first-order chi connectivity index (χ1) is 6.90. The molecule has 14 heavy (non-hydrogen) atoms. The number of likely N-dealkylation sites (N-methyl/N-ethyl adjacent to an activating group) is 1. The van der Waals surface area contributed by atoms with Crippen molar-refractivity contribution >= 4 is 16.7 Å². The maximum absolute atomic E-state index is 4.08. The summed E-state index contributed by atoms with van der Waals surface area (Å²) >= 11 is 1.42. The number of anilines is 1. The van der Waals surface area contributed by atoms with Crippen LogP contribution < -0.4 is 5.32 Å². The van der Waals surface area contributed by atoms with E-state index in [4.69, 9.17) is 0 Å². The van der Waals surface area contributed by atoms with E-state index in [0.29, 0.717) is 0 Å². The third-order valence-electron chi connectivity index (χ3n) is 2.51. The molecule has 5 heteroatoms. The van der Waals surface area contributed by atoms with Gasteiger partial charge in [0.2, 0.25) is 5.13 Å². The number of nitrogens with one attached hydrogen (secondary N) is 1. The topological polar surface area (TPSA) is 41.0 Å². The Morgan fingerprint density at radius 1 is 1.64 bits per heavy atom. The average Bonchev–Trinajstić information content (AvgIpc) is 2.91. The molecule has 0 unspecified atom stereocenters. The third-order valence-corrected chi connectivity index (χ3v) is 3.13. The minimum Gasteiger partial charge on any atom is -0.359 e. The Hall–Kier alpha value is -0.680. The van der Waals surface area contributed by atoms with E-state index in [2.05, 4.69) is 26.5 Å². The maximum Gasteiger partial charge on any atom is 0.202 e. The summed E-state index contributed by atoms with van der Waals surface area (Å²) in [4.78, 5) is 6.60. The van der Waals surface area contributed by atoms with Gasteiger partial charge in [0, 0.05) is 30.7 Å². The van der Waals surface area contributed by atoms with Crippen LogP contribution in [0, 0.1) is 0 Å². The van der Waals surface area contributed by atoms with Gasteiger partial charge in [0.15, 0.2) is 0 Å². The fourth-order valence-electron chi connectivity index (χ4n) is 1.60. The fraction of sp³-hybridized carbons (Fsp3) is 0.778. The van der Waals surface area contributed by atoms with Crippen LogP contribution in [0.3, 0.4) is 0 Å². The van der Waals surface area contributed by atoms with Gasteiger partial charge in [-0.3, -0.25) is 4.90 Å². The summed E-state index contributed by atoms with van der Waals surface area (Å²) < 4.78 is 3.94. The molecule has 1 fully saturated rings. The van der Waals surface area contributed by atoms with E-state index in [1.807, 2.05) is 0 Å². The lowest BCUT2D eigenvalue weighted by atomic mass is 10.4. The van der Waals surface area contributed by atoms with Crippen molar-refractivity contribution in [2.45, 2.75) is 25.8 Å². The molecule has 1 aromatic heterocycles. The van der Waals surface area contributed by atoms with Gasteiger partial charge in [-0.05, 0) is 19.4 Å². The summed E-state index contributed by atoms with van der Waals surface area (Å²) in [6.45, 7) is 5.46. The van der Waals surface area contributed by atoms with E-state index in [0.717, 1.165) is 30.8 Å². The smallest absolute Gasteiger partial charge is 0.202 e. The van der Waals surface area contributed by atoms with Crippen LogP contribution in [-0.2, 0) is 0 Å². The first-order valence-corrected chi connectivity index (χ1v) is 5.92. The standard InChI is InChI=1S/C9H16N4S/c1-2-13(8-3-4-8)6-5-10-9-11-7-12-14-9/h7-8H,2-6H2,1H3,(H,10,11,12). The molecular weight excluding hydrogens is 196 g/mol. The molecule has 0 saturated heterocycles. The second kappa shape index (κ2) is 4.70. The second-order valence-electron chi connectivity index (χ2n) is 3.53. The number of rotatable bonds is 6. The van der Waals surface area contributed by atoms with Gasteiger partial charge in [0.05, 0.1) is 0 Å². The molecule has 0 radical (unpaired) electrons. The van der Waals surface area contributed by atoms with Crippen molar-refractivity contribution in [2.24, 2.45) is 0 Å². The quantitative estimate of drug-likeness (QED) is 0.774. The molecule has 0 atom stereocenters. The Morgan fingerprint density at radius 3 is 3.07 bits per heavy atom. The lowest BCUT2D eigenvalue weighted by Gasteiger charge is -2.19. The van der Waals surface area contributed by atoms with Crippen LogP contribution in [-0.4, -0.2) is 39.9 Å². The fourth-order valence-corrected chi connectivity index (χ4v) is 2.05. The maximum atomic E-state index is 4.08. The van der Waals surface area contributed by atoms with Crippen LogP contribution in [0.2, 0.25) is 0 Å². The molecule has 0 aromatic carbocycles. The lowest BCUT2D eigenvalue weighted by Crippen LogP contribution is -2.30. The summed E-state index contributed by atoms with van der Waals surface area (Å²) in [5, 5.41) is 4.20. The van der Waals surface area contributed by atoms with E-state index >= 15 is 0 Å². The van der Waals surface area contributed by atoms with Crippen molar-refractivity contribution in [3.63, 3.8) is 0 Å². The largest absolute Gasteiger partial charge is 0.359 e. The van der Waals surface area contributed by atoms with Crippen molar-refractivity contribution in [2.75, 3.05) is 25.0 Å². The van der Waals surface area contributed by atoms with Crippen molar-refractivity contribution in [3.8, 4) is 0 Å². The summed E-state index contributed by atoms with van der Waals surface area (Å²) in [6.07, 6.45) is 4.35. The molecule has 1 N–H and O–H groups in total. The van der Waals surface area contributed by atoms with Crippen LogP contribution in [0.4, 0.5) is 5.13 Å². The molecule has 1 aliphatic carbocycles. The zero-order chi connectivity index (χ0) is 9.80. The highest BCUT2D eigenvalue weighted by atomic mass is 32.1. The first-order valence-electron chi connectivity index (χ1n) is 5.14. The molecule has 0 aliphatic heterocycles. The van der Waals surface area contributed by atoms with Crippen molar-refractivity contribution in [1.82, 2.24) is 14.3 Å². The summed E-state index contributed by atoms with van der Waals surface area (Å²) in [5.74, 6) is 0. The van der Waals surface area contributed by atoms with E-state index < -0.39 is 0 Å². The Balaban J connectivity index is 1.66. The Kier molecular flexibility index (Phi) is 3.31. The molecule has 0 spiro atoms. The highest BCUT2D eigenvalue weighted by Gasteiger charge is 2.27. The van der Waals surface area contributed by atoms with Gasteiger partial charge in [-0.25, -0.2) is 4.98 Å². The average molecular weight is 212 g/mol. The number of nitrogens with zero attached hydrogens (tertiary/aromatic N) is 3. The number of hydrogen-bond donors (Lipinski definition) is 1. The van der Waals surface area contributed by atoms with Gasteiger partial charge in [-0.2, -0.15) is 4.37 Å². The predicted molar refractivity (Wildman–Crippen MR) is 58.7 cm³/mol. The van der Waals surface area contributed by atoms with E-state index in [1.165, 1.54) is 24.4 Å². The summed E-state index contributed by atoms with van der Waals surface area (Å²) in [6, 6.07) is 0.858. The molecule has 0 amide bonds. The van der Waals surface area contributed by atoms with E-state index in [-0.39, 0.29) is 0 Å². The van der Waals surface area contributed by atoms with Gasteiger partial charge in [-0.15, -0.1) is 0 Å². The van der Waals surface area contributed by atoms with Gasteiger partial charge in [0.1, 0.15) is 6.33 Å². The van der Waals surface area contributed by atoms with Gasteiger partial charge >= 0.3 is 0 Å². The van der Waals surface area contributed by atoms with E-state index in [9.17, 15) is 0 Å². The van der Waals surface area contributed by atoms with Gasteiger partial charge < -0.3 is 5.32 Å². The Morgan fingerprint density at radius 2 is 2.50 bits per heavy atom. The molecule has 1 aliphatic rings. The van der Waals surface area contributed by atoms with Crippen molar-refractivity contribution in [3.05, 3.63) is 6.33 Å². The molecule has 2 rings (SSSR count). The number of hydrogen-bond acceptors (Lipinski definition) is 5. The normalized spacial score (nSPS) is 16.1. The van der Waals surface area contributed by atoms with Crippen molar-refractivity contribution in [1.29, 1.82) is 0 Å². The van der Waals surface area contributed by atoms with Crippen LogP contribution >= 0.6 is 11.5 Å². The Labute approximate surface area is 88.5 Å². The second-order valence-corrected chi connectivity index (χ2v) is 4.31. The molecule has 1 aromatic rings. The van der Waals surface area contributed by atoms with Gasteiger partial charge in [0.25, 0.3) is 0 Å². The first kappa shape index (κ1) is 9.86. The molecule has 0 bridgehead atoms. The monoisotopic (exact) mass is 212 g/mol. The van der Waals surface area contributed by atoms with Crippen LogP contribution in [0.15, 0.2) is 6.33 Å². The molecule has 4 nitrogen and oxygen atoms in total. The minimum absolute atomic E-state index is 0.858. The highest BCUT2D eigenvalue weighted by molar-refractivity contribution is 7.09. The SMILES string of the molecule is CCN(CCNc1ncns1)C1CC1. The Bertz CT molecular complexity index is 258. The summed E-state index contributed by atoms with van der Waals surface area (Å²) in [5.41, 5.74) is 0. The predicted octanol–water partition coefficient (Wildman–Crippen LogP) is 1.43. The van der Waals surface area contributed by atoms with Crippen LogP contribution in [0.1, 0.15) is 19.8 Å². The molecular formula is C9H16N4S. The summed E-state index contributed by atoms with van der Waals surface area (Å²) in [7, 11) is 0. The lowest BCUT2D eigenvalue weighted by molar-refractivity contribution is 0.289. The molecule has 78 valence electrons. The molecule has 1 heterocycles. The van der Waals surface area contributed by atoms with E-state index in [1.54, 1.807) is 6.33 Å². The zero-order valence-electron chi connectivity index (χ0n) is 8.44. The zero-order valence-corrected chi connectivity index (χ0v) is 9.26. The third kappa shape index (κ3) is 2.65. The highest BCUT2D eigenvalue weighted by Crippen LogP contribution is 2.25. The number of aromatic nitrogens is 2. The van der Waals surface area contributed by atoms with Gasteiger partial charge in [-0.1, -0.05) is 6.92 Å². The van der Waals surface area contributed by atoms with Crippen LogP contribution in [0.5, 0.6) is 0 Å². The molecule has 1 saturated carbocycles.